The van der Waals surface area contributed by atoms with Crippen molar-refractivity contribution < 1.29 is 37.9 Å². The molecule has 178 valence electrons. The first-order valence-corrected chi connectivity index (χ1v) is 11.1. The van der Waals surface area contributed by atoms with E-state index >= 15 is 0 Å². The Labute approximate surface area is 189 Å². The molecule has 13 heteroatoms. The summed E-state index contributed by atoms with van der Waals surface area (Å²) in [5, 5.41) is 25.9. The molecule has 0 atom stereocenters. The number of hydrogen-bond acceptors (Lipinski definition) is 8. The third-order valence-electron chi connectivity index (χ3n) is 4.73. The number of nitro groups is 1. The number of rotatable bonds is 6. The number of hydrogen-bond donors (Lipinski definition) is 2. The van der Waals surface area contributed by atoms with Crippen molar-refractivity contribution in [3.05, 3.63) is 64.2 Å². The lowest BCUT2D eigenvalue weighted by molar-refractivity contribution is -0.387. The van der Waals surface area contributed by atoms with Crippen LogP contribution in [0.25, 0.3) is 0 Å². The van der Waals surface area contributed by atoms with Gasteiger partial charge in [0.2, 0.25) is 10.0 Å². The maximum absolute atomic E-state index is 12.8. The Kier molecular flexibility index (Phi) is 8.85. The molecule has 0 unspecified atom stereocenters. The van der Waals surface area contributed by atoms with E-state index in [-0.39, 0.29) is 4.90 Å². The van der Waals surface area contributed by atoms with Crippen LogP contribution in [0, 0.1) is 10.1 Å². The van der Waals surface area contributed by atoms with E-state index in [9.17, 15) is 18.5 Å². The summed E-state index contributed by atoms with van der Waals surface area (Å²) in [6.45, 7) is 2.38. The molecule has 0 aliphatic carbocycles. The maximum atomic E-state index is 12.8. The highest BCUT2D eigenvalue weighted by Gasteiger charge is 2.33. The van der Waals surface area contributed by atoms with Gasteiger partial charge in [0.1, 0.15) is 5.75 Å². The number of ether oxygens (including phenoxy) is 1. The third-order valence-corrected chi connectivity index (χ3v) is 6.68. The van der Waals surface area contributed by atoms with Gasteiger partial charge in [0, 0.05) is 38.8 Å². The van der Waals surface area contributed by atoms with Gasteiger partial charge in [-0.05, 0) is 23.8 Å². The molecule has 0 aromatic heterocycles. The molecule has 0 radical (unpaired) electrons. The van der Waals surface area contributed by atoms with E-state index in [0.29, 0.717) is 32.7 Å². The van der Waals surface area contributed by atoms with E-state index in [1.54, 1.807) is 7.11 Å². The number of carboxylic acid groups (broad SMARTS) is 2. The average Bonchev–Trinajstić information content (AvgIpc) is 2.80. The third kappa shape index (κ3) is 6.97. The van der Waals surface area contributed by atoms with E-state index < -0.39 is 32.6 Å². The Balaban J connectivity index is 0.000000569. The normalized spacial score (nSPS) is 14.6. The topological polar surface area (TPSA) is 168 Å². The minimum atomic E-state index is -3.90. The number of aliphatic carboxylic acids is 2. The van der Waals surface area contributed by atoms with Crippen molar-refractivity contribution in [2.45, 2.75) is 11.4 Å². The molecular formula is C20H23N3O9S. The number of para-hydroxylation sites is 1. The molecule has 0 spiro atoms. The quantitative estimate of drug-likeness (QED) is 0.348. The van der Waals surface area contributed by atoms with Crippen molar-refractivity contribution in [3.63, 3.8) is 0 Å². The lowest BCUT2D eigenvalue weighted by Crippen LogP contribution is -2.48. The maximum Gasteiger partial charge on any atom is 0.414 e. The summed E-state index contributed by atoms with van der Waals surface area (Å²) in [6.07, 6.45) is 0. The second-order valence-corrected chi connectivity index (χ2v) is 8.77. The molecule has 12 nitrogen and oxygen atoms in total. The van der Waals surface area contributed by atoms with Crippen LogP contribution in [0.3, 0.4) is 0 Å². The van der Waals surface area contributed by atoms with E-state index in [1.807, 2.05) is 24.3 Å². The van der Waals surface area contributed by atoms with Crippen LogP contribution >= 0.6 is 0 Å². The Morgan fingerprint density at radius 2 is 1.64 bits per heavy atom. The molecule has 1 saturated heterocycles. The lowest BCUT2D eigenvalue weighted by Gasteiger charge is -2.33. The van der Waals surface area contributed by atoms with Crippen LogP contribution in [0.15, 0.2) is 53.4 Å². The Morgan fingerprint density at radius 3 is 2.18 bits per heavy atom. The van der Waals surface area contributed by atoms with Gasteiger partial charge in [0.05, 0.1) is 12.0 Å². The summed E-state index contributed by atoms with van der Waals surface area (Å²) in [5.74, 6) is -2.87. The highest BCUT2D eigenvalue weighted by Crippen LogP contribution is 2.27. The molecule has 2 aromatic carbocycles. The molecule has 1 fully saturated rings. The van der Waals surface area contributed by atoms with Gasteiger partial charge in [-0.3, -0.25) is 15.0 Å². The molecule has 0 saturated carbocycles. The van der Waals surface area contributed by atoms with Crippen LogP contribution in [0.4, 0.5) is 5.69 Å². The Bertz CT molecular complexity index is 1100. The Hall–Kier alpha value is -3.55. The number of carbonyl (C=O) groups is 2. The zero-order chi connectivity index (χ0) is 24.6. The fourth-order valence-corrected chi connectivity index (χ4v) is 4.70. The monoisotopic (exact) mass is 481 g/mol. The molecule has 0 amide bonds. The fraction of sp³-hybridized carbons (Fsp3) is 0.300. The molecular weight excluding hydrogens is 458 g/mol. The van der Waals surface area contributed by atoms with Crippen molar-refractivity contribution in [2.75, 3.05) is 33.3 Å². The van der Waals surface area contributed by atoms with Gasteiger partial charge in [0.15, 0.2) is 4.90 Å². The highest BCUT2D eigenvalue weighted by molar-refractivity contribution is 7.89. The molecule has 33 heavy (non-hydrogen) atoms. The van der Waals surface area contributed by atoms with Crippen LogP contribution in [0.1, 0.15) is 5.56 Å². The second-order valence-electron chi connectivity index (χ2n) is 6.87. The van der Waals surface area contributed by atoms with Crippen LogP contribution < -0.4 is 4.74 Å². The molecule has 1 aliphatic heterocycles. The van der Waals surface area contributed by atoms with Gasteiger partial charge in [-0.25, -0.2) is 18.0 Å². The Morgan fingerprint density at radius 1 is 1.03 bits per heavy atom. The second kappa shape index (κ2) is 11.4. The van der Waals surface area contributed by atoms with Gasteiger partial charge in [-0.15, -0.1) is 0 Å². The van der Waals surface area contributed by atoms with E-state index in [0.717, 1.165) is 11.3 Å². The number of methoxy groups -OCH3 is 1. The number of sulfonamides is 1. The average molecular weight is 481 g/mol. The summed E-state index contributed by atoms with van der Waals surface area (Å²) in [6, 6.07) is 13.2. The number of carboxylic acids is 2. The molecule has 0 bridgehead atoms. The zero-order valence-corrected chi connectivity index (χ0v) is 18.5. The van der Waals surface area contributed by atoms with Gasteiger partial charge >= 0.3 is 11.9 Å². The van der Waals surface area contributed by atoms with Crippen molar-refractivity contribution in [1.82, 2.24) is 9.21 Å². The van der Waals surface area contributed by atoms with Crippen LogP contribution in [0.5, 0.6) is 5.75 Å². The van der Waals surface area contributed by atoms with Crippen molar-refractivity contribution >= 4 is 27.6 Å². The number of nitro benzene ring substituents is 1. The fourth-order valence-electron chi connectivity index (χ4n) is 3.12. The zero-order valence-electron chi connectivity index (χ0n) is 17.7. The van der Waals surface area contributed by atoms with E-state index in [4.69, 9.17) is 24.5 Å². The molecule has 3 rings (SSSR count). The lowest BCUT2D eigenvalue weighted by atomic mass is 10.2. The standard InChI is InChI=1S/C18H21N3O5S.C2H2O4/c1-26-16-6-4-5-15(13-16)14-19-9-11-20(12-10-19)27(24,25)18-8-3-2-7-17(18)21(22)23;3-1(4)2(5)6/h2-8,13H,9-12,14H2,1H3;(H,3,4)(H,5,6). The van der Waals surface area contributed by atoms with Gasteiger partial charge in [0.25, 0.3) is 5.69 Å². The van der Waals surface area contributed by atoms with Crippen LogP contribution in [-0.4, -0.2) is 78.0 Å². The van der Waals surface area contributed by atoms with Gasteiger partial charge < -0.3 is 14.9 Å². The predicted molar refractivity (Wildman–Crippen MR) is 115 cm³/mol. The first-order valence-electron chi connectivity index (χ1n) is 9.61. The summed E-state index contributed by atoms with van der Waals surface area (Å²) in [7, 11) is -2.28. The smallest absolute Gasteiger partial charge is 0.414 e. The first-order chi connectivity index (χ1) is 15.6. The summed E-state index contributed by atoms with van der Waals surface area (Å²) in [4.78, 5) is 30.6. The molecule has 2 N–H and O–H groups in total. The molecule has 1 heterocycles. The predicted octanol–water partition coefficient (Wildman–Crippen LogP) is 1.27. The van der Waals surface area contributed by atoms with Crippen LogP contribution in [-0.2, 0) is 26.2 Å². The first kappa shape index (κ1) is 25.7. The highest BCUT2D eigenvalue weighted by atomic mass is 32.2. The number of benzene rings is 2. The van der Waals surface area contributed by atoms with E-state index in [1.165, 1.54) is 28.6 Å². The van der Waals surface area contributed by atoms with Crippen molar-refractivity contribution in [2.24, 2.45) is 0 Å². The summed E-state index contributed by atoms with van der Waals surface area (Å²) < 4.78 is 32.2. The summed E-state index contributed by atoms with van der Waals surface area (Å²) in [5.41, 5.74) is 0.695. The molecule has 1 aliphatic rings. The van der Waals surface area contributed by atoms with Gasteiger partial charge in [-0.2, -0.15) is 4.31 Å². The minimum Gasteiger partial charge on any atom is -0.497 e. The SMILES string of the molecule is COc1cccc(CN2CCN(S(=O)(=O)c3ccccc3[N+](=O)[O-])CC2)c1.O=C(O)C(=O)O. The minimum absolute atomic E-state index is 0.253. The van der Waals surface area contributed by atoms with Crippen molar-refractivity contribution in [3.8, 4) is 5.75 Å². The molecule has 2 aromatic rings. The largest absolute Gasteiger partial charge is 0.497 e. The number of nitrogens with zero attached hydrogens (tertiary/aromatic N) is 3. The van der Waals surface area contributed by atoms with E-state index in [2.05, 4.69) is 4.90 Å². The van der Waals surface area contributed by atoms with Crippen molar-refractivity contribution in [1.29, 1.82) is 0 Å². The van der Waals surface area contributed by atoms with Gasteiger partial charge in [-0.1, -0.05) is 24.3 Å². The number of piperazine rings is 1. The van der Waals surface area contributed by atoms with Crippen LogP contribution in [0.2, 0.25) is 0 Å². The summed E-state index contributed by atoms with van der Waals surface area (Å²) >= 11 is 0.